The normalized spacial score (nSPS) is 18.4. The Morgan fingerprint density at radius 2 is 2.14 bits per heavy atom. The van der Waals surface area contributed by atoms with E-state index in [0.29, 0.717) is 34.0 Å². The molecule has 0 N–H and O–H groups in total. The minimum absolute atomic E-state index is 0.00465. The molecule has 0 saturated carbocycles. The van der Waals surface area contributed by atoms with Gasteiger partial charge in [0, 0.05) is 24.7 Å². The van der Waals surface area contributed by atoms with E-state index in [2.05, 4.69) is 4.98 Å². The lowest BCUT2D eigenvalue weighted by atomic mass is 10.2. The zero-order valence-electron chi connectivity index (χ0n) is 16.6. The van der Waals surface area contributed by atoms with E-state index in [-0.39, 0.29) is 40.7 Å². The highest BCUT2D eigenvalue weighted by Crippen LogP contribution is 2.23. The molecule has 29 heavy (non-hydrogen) atoms. The molecule has 1 fully saturated rings. The smallest absolute Gasteiger partial charge is 0.262 e. The van der Waals surface area contributed by atoms with Gasteiger partial charge in [-0.1, -0.05) is 37.2 Å². The summed E-state index contributed by atoms with van der Waals surface area (Å²) in [5.41, 5.74) is 0.332. The van der Waals surface area contributed by atoms with Crippen molar-refractivity contribution in [3.8, 4) is 0 Å². The van der Waals surface area contributed by atoms with Crippen molar-refractivity contribution in [2.45, 2.75) is 38.0 Å². The molecule has 7 nitrogen and oxygen atoms in total. The lowest BCUT2D eigenvalue weighted by Gasteiger charge is -2.23. The van der Waals surface area contributed by atoms with Gasteiger partial charge in [-0.05, 0) is 30.5 Å². The van der Waals surface area contributed by atoms with Crippen LogP contribution in [0.4, 0.5) is 0 Å². The minimum atomic E-state index is -3.07. The predicted molar refractivity (Wildman–Crippen MR) is 116 cm³/mol. The van der Waals surface area contributed by atoms with E-state index >= 15 is 0 Å². The summed E-state index contributed by atoms with van der Waals surface area (Å²) in [5, 5.41) is 1.43. The number of hydrogen-bond donors (Lipinski definition) is 0. The van der Waals surface area contributed by atoms with Crippen LogP contribution in [-0.2, 0) is 21.2 Å². The first-order chi connectivity index (χ1) is 13.6. The Hall–Kier alpha value is -1.58. The van der Waals surface area contributed by atoms with Gasteiger partial charge in [0.25, 0.3) is 5.56 Å². The largest absolute Gasteiger partial charge is 0.341 e. The molecule has 0 spiro atoms. The highest BCUT2D eigenvalue weighted by Gasteiger charge is 2.32. The standard InChI is InChI=1S/C19H24ClN3O4S2/c1-12(2)9-23-18(25)15-5-4-13(20)8-16(15)21-19(23)28-10-17(24)22(3)14-6-7-29(26,27)11-14/h4-5,8,12,14H,6-7,9-11H2,1-3H3/t14-/m1/s1. The SMILES string of the molecule is CC(C)Cn1c(SCC(=O)N(C)[C@@H]2CCS(=O)(=O)C2)nc2cc(Cl)ccc2c1=O. The van der Waals surface area contributed by atoms with Crippen LogP contribution in [0.25, 0.3) is 10.9 Å². The first-order valence-electron chi connectivity index (χ1n) is 9.36. The summed E-state index contributed by atoms with van der Waals surface area (Å²) in [5.74, 6) is 0.229. The molecule has 0 radical (unpaired) electrons. The van der Waals surface area contributed by atoms with Crippen molar-refractivity contribution in [1.29, 1.82) is 0 Å². The molecule has 1 atom stereocenters. The van der Waals surface area contributed by atoms with Gasteiger partial charge in [0.2, 0.25) is 5.91 Å². The number of halogens is 1. The average Bonchev–Trinajstić information content (AvgIpc) is 3.01. The maximum atomic E-state index is 13.0. The van der Waals surface area contributed by atoms with E-state index in [9.17, 15) is 18.0 Å². The first-order valence-corrected chi connectivity index (χ1v) is 12.5. The van der Waals surface area contributed by atoms with E-state index in [0.717, 1.165) is 0 Å². The van der Waals surface area contributed by atoms with Gasteiger partial charge in [-0.25, -0.2) is 13.4 Å². The maximum Gasteiger partial charge on any atom is 0.262 e. The molecule has 1 saturated heterocycles. The van der Waals surface area contributed by atoms with Gasteiger partial charge in [-0.15, -0.1) is 0 Å². The third-order valence-electron chi connectivity index (χ3n) is 4.90. The van der Waals surface area contributed by atoms with E-state index in [1.807, 2.05) is 13.8 Å². The molecular weight excluding hydrogens is 434 g/mol. The van der Waals surface area contributed by atoms with Crippen molar-refractivity contribution in [1.82, 2.24) is 14.5 Å². The molecule has 0 bridgehead atoms. The third kappa shape index (κ3) is 5.13. The van der Waals surface area contributed by atoms with Crippen molar-refractivity contribution in [3.05, 3.63) is 33.6 Å². The Labute approximate surface area is 179 Å². The van der Waals surface area contributed by atoms with Gasteiger partial charge in [0.15, 0.2) is 15.0 Å². The van der Waals surface area contributed by atoms with Crippen molar-refractivity contribution < 1.29 is 13.2 Å². The molecule has 2 aromatic rings. The van der Waals surface area contributed by atoms with Crippen molar-refractivity contribution in [2.75, 3.05) is 24.3 Å². The molecule has 10 heteroatoms. The number of nitrogens with zero attached hydrogens (tertiary/aromatic N) is 3. The molecule has 1 amide bonds. The summed E-state index contributed by atoms with van der Waals surface area (Å²) in [4.78, 5) is 31.7. The van der Waals surface area contributed by atoms with Crippen LogP contribution in [0.3, 0.4) is 0 Å². The van der Waals surface area contributed by atoms with Gasteiger partial charge in [0.05, 0.1) is 28.2 Å². The Bertz CT molecular complexity index is 1100. The van der Waals surface area contributed by atoms with Crippen LogP contribution >= 0.6 is 23.4 Å². The second kappa shape index (κ2) is 8.65. The Morgan fingerprint density at radius 3 is 2.76 bits per heavy atom. The summed E-state index contributed by atoms with van der Waals surface area (Å²) in [6.07, 6.45) is 0.458. The Morgan fingerprint density at radius 1 is 1.41 bits per heavy atom. The molecular formula is C19H24ClN3O4S2. The lowest BCUT2D eigenvalue weighted by Crippen LogP contribution is -2.39. The number of rotatable bonds is 6. The van der Waals surface area contributed by atoms with Crippen LogP contribution in [0.15, 0.2) is 28.2 Å². The van der Waals surface area contributed by atoms with Crippen LogP contribution < -0.4 is 5.56 Å². The van der Waals surface area contributed by atoms with E-state index in [4.69, 9.17) is 11.6 Å². The number of aromatic nitrogens is 2. The molecule has 0 aliphatic carbocycles. The number of carbonyl (C=O) groups excluding carboxylic acids is 1. The quantitative estimate of drug-likeness (QED) is 0.489. The minimum Gasteiger partial charge on any atom is -0.341 e. The van der Waals surface area contributed by atoms with Gasteiger partial charge in [0.1, 0.15) is 0 Å². The Balaban J connectivity index is 1.84. The van der Waals surface area contributed by atoms with E-state index in [1.54, 1.807) is 29.8 Å². The number of amides is 1. The summed E-state index contributed by atoms with van der Waals surface area (Å²) in [6.45, 7) is 4.50. The summed E-state index contributed by atoms with van der Waals surface area (Å²) in [7, 11) is -1.44. The van der Waals surface area contributed by atoms with Gasteiger partial charge >= 0.3 is 0 Å². The van der Waals surface area contributed by atoms with Crippen LogP contribution in [0.1, 0.15) is 20.3 Å². The van der Waals surface area contributed by atoms with Crippen LogP contribution in [0.2, 0.25) is 5.02 Å². The second-order valence-corrected chi connectivity index (χ2v) is 11.3. The zero-order chi connectivity index (χ0) is 21.3. The van der Waals surface area contributed by atoms with Crippen LogP contribution in [0.5, 0.6) is 0 Å². The monoisotopic (exact) mass is 457 g/mol. The zero-order valence-corrected chi connectivity index (χ0v) is 19.0. The second-order valence-electron chi connectivity index (χ2n) is 7.72. The topological polar surface area (TPSA) is 89.3 Å². The van der Waals surface area contributed by atoms with Gasteiger partial charge in [-0.3, -0.25) is 14.2 Å². The summed E-state index contributed by atoms with van der Waals surface area (Å²) >= 11 is 7.23. The fourth-order valence-electron chi connectivity index (χ4n) is 3.32. The van der Waals surface area contributed by atoms with Crippen LogP contribution in [-0.4, -0.2) is 59.1 Å². The van der Waals surface area contributed by atoms with Crippen molar-refractivity contribution in [3.63, 3.8) is 0 Å². The van der Waals surface area contributed by atoms with Crippen molar-refractivity contribution in [2.24, 2.45) is 5.92 Å². The molecule has 1 aliphatic rings. The van der Waals surface area contributed by atoms with Crippen molar-refractivity contribution >= 4 is 50.0 Å². The predicted octanol–water partition coefficient (Wildman–Crippen LogP) is 2.44. The summed E-state index contributed by atoms with van der Waals surface area (Å²) < 4.78 is 25.0. The molecule has 1 aromatic heterocycles. The molecule has 0 unspecified atom stereocenters. The van der Waals surface area contributed by atoms with E-state index in [1.165, 1.54) is 16.7 Å². The molecule has 3 rings (SSSR count). The fourth-order valence-corrected chi connectivity index (χ4v) is 6.20. The van der Waals surface area contributed by atoms with E-state index < -0.39 is 9.84 Å². The number of fused-ring (bicyclic) bond motifs is 1. The molecule has 158 valence electrons. The number of benzene rings is 1. The highest BCUT2D eigenvalue weighted by atomic mass is 35.5. The number of hydrogen-bond acceptors (Lipinski definition) is 6. The highest BCUT2D eigenvalue weighted by molar-refractivity contribution is 7.99. The number of sulfone groups is 1. The summed E-state index contributed by atoms with van der Waals surface area (Å²) in [6, 6.07) is 4.67. The van der Waals surface area contributed by atoms with Gasteiger partial charge in [-0.2, -0.15) is 0 Å². The molecule has 1 aliphatic heterocycles. The molecule has 1 aromatic carbocycles. The molecule has 2 heterocycles. The Kier molecular flexibility index (Phi) is 6.60. The maximum absolute atomic E-state index is 13.0. The fraction of sp³-hybridized carbons (Fsp3) is 0.526. The van der Waals surface area contributed by atoms with Gasteiger partial charge < -0.3 is 4.90 Å². The number of thioether (sulfide) groups is 1. The average molecular weight is 458 g/mol. The number of carbonyl (C=O) groups is 1. The third-order valence-corrected chi connectivity index (χ3v) is 7.85. The lowest BCUT2D eigenvalue weighted by molar-refractivity contribution is -0.128. The first kappa shape index (κ1) is 22.1. The van der Waals surface area contributed by atoms with Crippen LogP contribution in [0, 0.1) is 5.92 Å².